The van der Waals surface area contributed by atoms with E-state index in [0.29, 0.717) is 11.9 Å². The number of carbonyl (C=O) groups is 1. The number of nitrogens with zero attached hydrogens (tertiary/aromatic N) is 4. The monoisotopic (exact) mass is 416 g/mol. The average Bonchev–Trinajstić information content (AvgIpc) is 3.34. The number of amides is 1. The lowest BCUT2D eigenvalue weighted by Crippen LogP contribution is -2.51. The minimum atomic E-state index is 0.208. The molecule has 1 aromatic heterocycles. The molecular weight excluding hydrogens is 380 g/mol. The molecule has 3 aliphatic heterocycles. The molecule has 3 saturated heterocycles. The number of rotatable bonds is 6. The zero-order valence-corrected chi connectivity index (χ0v) is 18.5. The lowest BCUT2D eigenvalue weighted by atomic mass is 9.93. The largest absolute Gasteiger partial charge is 0.493 e. The molecular formula is C23H36N4O3. The van der Waals surface area contributed by atoms with Crippen LogP contribution in [0.15, 0.2) is 12.3 Å². The predicted octanol–water partition coefficient (Wildman–Crippen LogP) is 2.40. The maximum Gasteiger partial charge on any atom is 0.226 e. The van der Waals surface area contributed by atoms with Crippen molar-refractivity contribution in [2.24, 2.45) is 5.92 Å². The number of aromatic nitrogens is 1. The number of hydrogen-bond acceptors (Lipinski definition) is 6. The van der Waals surface area contributed by atoms with Crippen LogP contribution in [0.3, 0.4) is 0 Å². The highest BCUT2D eigenvalue weighted by atomic mass is 16.5. The summed E-state index contributed by atoms with van der Waals surface area (Å²) in [6.07, 6.45) is 8.64. The minimum absolute atomic E-state index is 0.208. The Morgan fingerprint density at radius 2 is 1.80 bits per heavy atom. The van der Waals surface area contributed by atoms with Gasteiger partial charge in [-0.2, -0.15) is 0 Å². The van der Waals surface area contributed by atoms with Crippen LogP contribution in [0.5, 0.6) is 11.5 Å². The van der Waals surface area contributed by atoms with E-state index in [-0.39, 0.29) is 5.92 Å². The van der Waals surface area contributed by atoms with Crippen molar-refractivity contribution in [1.82, 2.24) is 19.7 Å². The molecule has 0 saturated carbocycles. The van der Waals surface area contributed by atoms with Gasteiger partial charge in [0.05, 0.1) is 20.1 Å². The first-order valence-corrected chi connectivity index (χ1v) is 11.5. The standard InChI is InChI=1S/C23H36N4O3/c1-29-21-7-10-24-20(22(21)30-2)17-25-14-8-19(9-15-25)27-13-5-6-18(16-27)23(28)26-11-3-4-12-26/h7,10,18-19H,3-6,8-9,11-17H2,1-2H3/t18-/m1/s1. The summed E-state index contributed by atoms with van der Waals surface area (Å²) in [5.74, 6) is 2.09. The zero-order valence-electron chi connectivity index (χ0n) is 18.5. The van der Waals surface area contributed by atoms with E-state index >= 15 is 0 Å². The zero-order chi connectivity index (χ0) is 20.9. The number of piperidine rings is 2. The van der Waals surface area contributed by atoms with Gasteiger partial charge in [-0.15, -0.1) is 0 Å². The number of carbonyl (C=O) groups excluding carboxylic acids is 1. The average molecular weight is 417 g/mol. The van der Waals surface area contributed by atoms with E-state index in [4.69, 9.17) is 9.47 Å². The Balaban J connectivity index is 1.30. The van der Waals surface area contributed by atoms with Gasteiger partial charge in [-0.05, 0) is 45.1 Å². The fourth-order valence-electron chi connectivity index (χ4n) is 5.35. The van der Waals surface area contributed by atoms with Gasteiger partial charge in [0.15, 0.2) is 11.5 Å². The van der Waals surface area contributed by atoms with Crippen molar-refractivity contribution < 1.29 is 14.3 Å². The molecule has 0 aliphatic carbocycles. The van der Waals surface area contributed by atoms with Crippen molar-refractivity contribution >= 4 is 5.91 Å². The van der Waals surface area contributed by atoms with E-state index in [9.17, 15) is 4.79 Å². The molecule has 3 aliphatic rings. The van der Waals surface area contributed by atoms with Crippen LogP contribution in [-0.4, -0.2) is 85.1 Å². The smallest absolute Gasteiger partial charge is 0.226 e. The maximum absolute atomic E-state index is 12.9. The third-order valence-electron chi connectivity index (χ3n) is 7.03. The van der Waals surface area contributed by atoms with Gasteiger partial charge in [-0.3, -0.25) is 19.6 Å². The quantitative estimate of drug-likeness (QED) is 0.710. The van der Waals surface area contributed by atoms with Crippen LogP contribution in [0.25, 0.3) is 0 Å². The second-order valence-electron chi connectivity index (χ2n) is 8.87. The molecule has 166 valence electrons. The van der Waals surface area contributed by atoms with Crippen molar-refractivity contribution in [2.45, 2.75) is 51.1 Å². The van der Waals surface area contributed by atoms with Crippen LogP contribution < -0.4 is 9.47 Å². The molecule has 0 aromatic carbocycles. The number of ether oxygens (including phenoxy) is 2. The van der Waals surface area contributed by atoms with E-state index in [2.05, 4.69) is 19.7 Å². The fourth-order valence-corrected chi connectivity index (χ4v) is 5.35. The van der Waals surface area contributed by atoms with Crippen LogP contribution in [-0.2, 0) is 11.3 Å². The molecule has 0 spiro atoms. The Hall–Kier alpha value is -1.86. The highest BCUT2D eigenvalue weighted by Crippen LogP contribution is 2.31. The topological polar surface area (TPSA) is 58.1 Å². The van der Waals surface area contributed by atoms with E-state index < -0.39 is 0 Å². The fraction of sp³-hybridized carbons (Fsp3) is 0.739. The minimum Gasteiger partial charge on any atom is -0.493 e. The molecule has 0 bridgehead atoms. The number of methoxy groups -OCH3 is 2. The van der Waals surface area contributed by atoms with Gasteiger partial charge in [0.2, 0.25) is 5.91 Å². The van der Waals surface area contributed by atoms with Gasteiger partial charge < -0.3 is 14.4 Å². The van der Waals surface area contributed by atoms with Crippen molar-refractivity contribution in [1.29, 1.82) is 0 Å². The molecule has 4 rings (SSSR count). The summed E-state index contributed by atoms with van der Waals surface area (Å²) in [6.45, 7) is 6.90. The van der Waals surface area contributed by atoms with Crippen molar-refractivity contribution in [3.63, 3.8) is 0 Å². The molecule has 30 heavy (non-hydrogen) atoms. The normalized spacial score (nSPS) is 24.2. The molecule has 1 amide bonds. The van der Waals surface area contributed by atoms with Crippen LogP contribution in [0.1, 0.15) is 44.2 Å². The SMILES string of the molecule is COc1ccnc(CN2CCC(N3CCC[C@@H](C(=O)N4CCCC4)C3)CC2)c1OC. The predicted molar refractivity (Wildman–Crippen MR) is 116 cm³/mol. The first-order chi connectivity index (χ1) is 14.7. The Morgan fingerprint density at radius 1 is 1.03 bits per heavy atom. The van der Waals surface area contributed by atoms with Gasteiger partial charge in [-0.25, -0.2) is 0 Å². The molecule has 1 aromatic rings. The van der Waals surface area contributed by atoms with Crippen LogP contribution in [0.4, 0.5) is 0 Å². The first-order valence-electron chi connectivity index (χ1n) is 11.5. The Bertz CT molecular complexity index is 714. The molecule has 7 heteroatoms. The molecule has 0 N–H and O–H groups in total. The molecule has 1 atom stereocenters. The molecule has 0 unspecified atom stereocenters. The summed E-state index contributed by atoms with van der Waals surface area (Å²) < 4.78 is 11.0. The van der Waals surface area contributed by atoms with Gasteiger partial charge in [0.1, 0.15) is 5.69 Å². The summed E-state index contributed by atoms with van der Waals surface area (Å²) in [5, 5.41) is 0. The molecule has 7 nitrogen and oxygen atoms in total. The molecule has 3 fully saturated rings. The summed E-state index contributed by atoms with van der Waals surface area (Å²) in [7, 11) is 3.33. The van der Waals surface area contributed by atoms with E-state index in [1.54, 1.807) is 20.4 Å². The molecule has 0 radical (unpaired) electrons. The Kier molecular flexibility index (Phi) is 7.10. The Labute approximate surface area is 180 Å². The summed E-state index contributed by atoms with van der Waals surface area (Å²) in [6, 6.07) is 2.43. The van der Waals surface area contributed by atoms with Crippen LogP contribution >= 0.6 is 0 Å². The first kappa shape index (κ1) is 21.4. The van der Waals surface area contributed by atoms with Gasteiger partial charge in [0.25, 0.3) is 0 Å². The van der Waals surface area contributed by atoms with Gasteiger partial charge in [0, 0.05) is 57.6 Å². The lowest BCUT2D eigenvalue weighted by molar-refractivity contribution is -0.136. The number of likely N-dealkylation sites (tertiary alicyclic amines) is 3. The maximum atomic E-state index is 12.9. The van der Waals surface area contributed by atoms with Crippen molar-refractivity contribution in [3.8, 4) is 11.5 Å². The van der Waals surface area contributed by atoms with Crippen molar-refractivity contribution in [2.75, 3.05) is 53.5 Å². The van der Waals surface area contributed by atoms with Gasteiger partial charge >= 0.3 is 0 Å². The third-order valence-corrected chi connectivity index (χ3v) is 7.03. The van der Waals surface area contributed by atoms with Crippen LogP contribution in [0.2, 0.25) is 0 Å². The van der Waals surface area contributed by atoms with E-state index in [1.165, 1.54) is 12.8 Å². The lowest BCUT2D eigenvalue weighted by Gasteiger charge is -2.42. The summed E-state index contributed by atoms with van der Waals surface area (Å²) >= 11 is 0. The third kappa shape index (κ3) is 4.72. The highest BCUT2D eigenvalue weighted by Gasteiger charge is 2.34. The highest BCUT2D eigenvalue weighted by molar-refractivity contribution is 5.79. The summed E-state index contributed by atoms with van der Waals surface area (Å²) in [4.78, 5) is 24.5. The second kappa shape index (κ2) is 9.96. The van der Waals surface area contributed by atoms with E-state index in [0.717, 1.165) is 88.7 Å². The Morgan fingerprint density at radius 3 is 2.50 bits per heavy atom. The number of pyridine rings is 1. The van der Waals surface area contributed by atoms with Crippen LogP contribution in [0, 0.1) is 5.92 Å². The van der Waals surface area contributed by atoms with Crippen molar-refractivity contribution in [3.05, 3.63) is 18.0 Å². The van der Waals surface area contributed by atoms with Gasteiger partial charge in [-0.1, -0.05) is 0 Å². The summed E-state index contributed by atoms with van der Waals surface area (Å²) in [5.41, 5.74) is 0.935. The molecule has 4 heterocycles. The number of hydrogen-bond donors (Lipinski definition) is 0. The van der Waals surface area contributed by atoms with E-state index in [1.807, 2.05) is 6.07 Å². The second-order valence-corrected chi connectivity index (χ2v) is 8.87.